The van der Waals surface area contributed by atoms with Gasteiger partial charge in [-0.1, -0.05) is 84.2 Å². The van der Waals surface area contributed by atoms with E-state index in [9.17, 15) is 24.0 Å². The maximum atomic E-state index is 12.9. The average molecular weight is 975 g/mol. The van der Waals surface area contributed by atoms with Gasteiger partial charge in [0.15, 0.2) is 17.3 Å². The third-order valence-electron chi connectivity index (χ3n) is 12.7. The number of carbonyl (C=O) groups is 5. The van der Waals surface area contributed by atoms with Crippen LogP contribution in [0.4, 0.5) is 0 Å². The molecule has 7 rings (SSSR count). The van der Waals surface area contributed by atoms with Crippen molar-refractivity contribution in [3.63, 3.8) is 0 Å². The van der Waals surface area contributed by atoms with Gasteiger partial charge in [-0.2, -0.15) is 0 Å². The van der Waals surface area contributed by atoms with Gasteiger partial charge in [-0.05, 0) is 83.8 Å². The summed E-state index contributed by atoms with van der Waals surface area (Å²) in [5, 5.41) is 15.3. The van der Waals surface area contributed by atoms with E-state index in [4.69, 9.17) is 25.2 Å². The molecule has 3 aromatic rings. The first-order valence-corrected chi connectivity index (χ1v) is 24.7. The van der Waals surface area contributed by atoms with Gasteiger partial charge in [0.25, 0.3) is 0 Å². The first kappa shape index (κ1) is 55.7. The zero-order valence-electron chi connectivity index (χ0n) is 41.5. The fourth-order valence-corrected chi connectivity index (χ4v) is 8.85. The number of alkyl halides is 1. The smallest absolute Gasteiger partial charge is 0.238 e. The van der Waals surface area contributed by atoms with E-state index in [1.165, 1.54) is 6.42 Å². The highest BCUT2D eigenvalue weighted by atomic mass is 35.5. The number of amides is 2. The molecule has 1 N–H and O–H groups in total. The Labute approximate surface area is 408 Å². The molecule has 3 atom stereocenters. The van der Waals surface area contributed by atoms with Gasteiger partial charge in [-0.15, -0.1) is 24.0 Å². The van der Waals surface area contributed by atoms with Crippen molar-refractivity contribution < 1.29 is 37.5 Å². The second-order valence-electron chi connectivity index (χ2n) is 21.5. The van der Waals surface area contributed by atoms with Crippen molar-refractivity contribution in [1.82, 2.24) is 35.5 Å². The fourth-order valence-electron chi connectivity index (χ4n) is 8.70. The van der Waals surface area contributed by atoms with Gasteiger partial charge >= 0.3 is 0 Å². The van der Waals surface area contributed by atoms with Crippen LogP contribution in [-0.4, -0.2) is 123 Å². The minimum atomic E-state index is -0.380. The van der Waals surface area contributed by atoms with E-state index in [-0.39, 0.29) is 94.7 Å². The topological polar surface area (TPSA) is 185 Å². The van der Waals surface area contributed by atoms with E-state index >= 15 is 0 Å². The predicted octanol–water partition coefficient (Wildman–Crippen LogP) is 7.91. The third-order valence-corrected chi connectivity index (χ3v) is 12.9. The number of piperidine rings is 3. The van der Waals surface area contributed by atoms with Gasteiger partial charge in [0.1, 0.15) is 23.2 Å². The standard InChI is InChI=1S/C20H31N3O3.C16H23ClN2O3.C14H22N2O2.ClH/c1-20(2,3)18-13-15(21-26-18)12-17(24)16-8-4-5-11-23(16)19(25)14-22-9-6-7-10-22;1-16(2,3)14-9-11(18-22-14)8-13(20)12-6-4-5-7-19(12)15(21)10-17;1-14(2,3)13-9-10(16-18-13)8-12(17)11-6-4-5-7-15-11;/h13,16H,4-12,14H2,1-3H3;9,12H,4-8,10H2,1-3H3;9,11,15H,4-8H2,1-3H3;1H/t16-;12-;11-;/m000./s1. The Bertz CT molecular complexity index is 2060. The van der Waals surface area contributed by atoms with Gasteiger partial charge in [0.05, 0.1) is 61.0 Å². The number of hydrogen-bond donors (Lipinski definition) is 1. The molecular formula is C50H77Cl2N7O8. The van der Waals surface area contributed by atoms with Gasteiger partial charge in [0, 0.05) is 47.5 Å². The van der Waals surface area contributed by atoms with Gasteiger partial charge in [0.2, 0.25) is 11.8 Å². The molecule has 0 radical (unpaired) electrons. The molecule has 67 heavy (non-hydrogen) atoms. The SMILES string of the molecule is CC(C)(C)c1cc(CC(=O)[C@@H]2CCCCN2)no1.CC(C)(C)c1cc(CC(=O)[C@@H]2CCCCN2C(=O)CCl)no1.CC(C)(C)c1cc(CC(=O)[C@@H]2CCCCN2C(=O)CN2CCCC2)no1.Cl. The van der Waals surface area contributed by atoms with Crippen LogP contribution in [0, 0.1) is 0 Å². The third kappa shape index (κ3) is 16.6. The Morgan fingerprint density at radius 3 is 1.33 bits per heavy atom. The minimum Gasteiger partial charge on any atom is -0.361 e. The molecule has 0 spiro atoms. The van der Waals surface area contributed by atoms with E-state index in [1.54, 1.807) is 4.90 Å². The largest absolute Gasteiger partial charge is 0.361 e. The number of hydrogen-bond acceptors (Lipinski definition) is 13. The summed E-state index contributed by atoms with van der Waals surface area (Å²) in [5.74, 6) is 2.53. The molecule has 0 unspecified atom stereocenters. The summed E-state index contributed by atoms with van der Waals surface area (Å²) in [6.07, 6.45) is 11.7. The number of carbonyl (C=O) groups excluding carboxylic acids is 5. The highest BCUT2D eigenvalue weighted by Gasteiger charge is 2.35. The average Bonchev–Trinajstić information content (AvgIpc) is 4.13. The number of ketones is 3. The van der Waals surface area contributed by atoms with Crippen LogP contribution in [0.2, 0.25) is 0 Å². The lowest BCUT2D eigenvalue weighted by Gasteiger charge is -2.35. The Balaban J connectivity index is 0.000000221. The number of Topliss-reactive ketones (excluding diaryl/α,β-unsaturated/α-hetero) is 3. The number of nitrogens with one attached hydrogen (secondary N) is 1. The second kappa shape index (κ2) is 25.1. The van der Waals surface area contributed by atoms with Gasteiger partial charge in [-0.3, -0.25) is 28.9 Å². The summed E-state index contributed by atoms with van der Waals surface area (Å²) in [5.41, 5.74) is 1.71. The van der Waals surface area contributed by atoms with E-state index in [0.717, 1.165) is 100 Å². The molecule has 7 heterocycles. The van der Waals surface area contributed by atoms with Crippen LogP contribution in [0.15, 0.2) is 31.8 Å². The lowest BCUT2D eigenvalue weighted by Crippen LogP contribution is -2.51. The minimum absolute atomic E-state index is 0. The second-order valence-corrected chi connectivity index (χ2v) is 21.8. The first-order valence-electron chi connectivity index (χ1n) is 24.2. The quantitative estimate of drug-likeness (QED) is 0.173. The number of rotatable bonds is 12. The zero-order valence-corrected chi connectivity index (χ0v) is 43.1. The maximum Gasteiger partial charge on any atom is 0.238 e. The Hall–Kier alpha value is -3.92. The Morgan fingerprint density at radius 2 is 0.955 bits per heavy atom. The molecule has 17 heteroatoms. The molecule has 4 aliphatic rings. The highest BCUT2D eigenvalue weighted by Crippen LogP contribution is 2.27. The summed E-state index contributed by atoms with van der Waals surface area (Å²) in [6.45, 7) is 23.1. The zero-order chi connectivity index (χ0) is 48.2. The van der Waals surface area contributed by atoms with E-state index in [1.807, 2.05) is 43.9 Å². The van der Waals surface area contributed by atoms with Crippen molar-refractivity contribution in [2.75, 3.05) is 45.1 Å². The fraction of sp³-hybridized carbons (Fsp3) is 0.720. The molecule has 4 saturated heterocycles. The van der Waals surface area contributed by atoms with Crippen molar-refractivity contribution in [2.45, 2.75) is 187 Å². The molecular weight excluding hydrogens is 897 g/mol. The molecule has 2 amide bonds. The van der Waals surface area contributed by atoms with Crippen LogP contribution in [-0.2, 0) is 59.5 Å². The summed E-state index contributed by atoms with van der Waals surface area (Å²) in [6, 6.07) is 4.92. The summed E-state index contributed by atoms with van der Waals surface area (Å²) >= 11 is 5.64. The van der Waals surface area contributed by atoms with Crippen LogP contribution in [0.1, 0.15) is 167 Å². The van der Waals surface area contributed by atoms with Gasteiger partial charge in [-0.25, -0.2) is 0 Å². The van der Waals surface area contributed by atoms with Crippen molar-refractivity contribution in [3.8, 4) is 0 Å². The molecule has 0 bridgehead atoms. The molecule has 0 aliphatic carbocycles. The number of aromatic nitrogens is 3. The van der Waals surface area contributed by atoms with Crippen LogP contribution < -0.4 is 5.32 Å². The number of halogens is 2. The van der Waals surface area contributed by atoms with Crippen molar-refractivity contribution >= 4 is 53.2 Å². The summed E-state index contributed by atoms with van der Waals surface area (Å²) in [4.78, 5) is 67.8. The normalized spacial score (nSPS) is 20.5. The molecule has 15 nitrogen and oxygen atoms in total. The molecule has 374 valence electrons. The predicted molar refractivity (Wildman–Crippen MR) is 260 cm³/mol. The van der Waals surface area contributed by atoms with Crippen LogP contribution in [0.5, 0.6) is 0 Å². The van der Waals surface area contributed by atoms with Crippen LogP contribution in [0.3, 0.4) is 0 Å². The monoisotopic (exact) mass is 974 g/mol. The Kier molecular flexibility index (Phi) is 20.8. The van der Waals surface area contributed by atoms with Crippen LogP contribution in [0.25, 0.3) is 0 Å². The van der Waals surface area contributed by atoms with E-state index < -0.39 is 0 Å². The number of likely N-dealkylation sites (tertiary alicyclic amines) is 3. The molecule has 4 aliphatic heterocycles. The molecule has 0 aromatic carbocycles. The van der Waals surface area contributed by atoms with Crippen molar-refractivity contribution in [1.29, 1.82) is 0 Å². The lowest BCUT2D eigenvalue weighted by molar-refractivity contribution is -0.141. The maximum absolute atomic E-state index is 12.9. The number of nitrogens with zero attached hydrogens (tertiary/aromatic N) is 6. The first-order chi connectivity index (χ1) is 31.1. The van der Waals surface area contributed by atoms with Gasteiger partial charge < -0.3 is 28.7 Å². The molecule has 3 aromatic heterocycles. The summed E-state index contributed by atoms with van der Waals surface area (Å²) in [7, 11) is 0. The molecule has 0 saturated carbocycles. The van der Waals surface area contributed by atoms with Crippen molar-refractivity contribution in [2.24, 2.45) is 0 Å². The summed E-state index contributed by atoms with van der Waals surface area (Å²) < 4.78 is 16.0. The van der Waals surface area contributed by atoms with Crippen LogP contribution >= 0.6 is 24.0 Å². The van der Waals surface area contributed by atoms with E-state index in [0.29, 0.717) is 43.9 Å². The molecule has 4 fully saturated rings. The van der Waals surface area contributed by atoms with E-state index in [2.05, 4.69) is 67.2 Å². The lowest BCUT2D eigenvalue weighted by atomic mass is 9.92. The highest BCUT2D eigenvalue weighted by molar-refractivity contribution is 6.27. The Morgan fingerprint density at radius 1 is 0.567 bits per heavy atom. The van der Waals surface area contributed by atoms with Crippen molar-refractivity contribution in [3.05, 3.63) is 52.6 Å².